The van der Waals surface area contributed by atoms with E-state index in [0.717, 1.165) is 16.6 Å². The van der Waals surface area contributed by atoms with Crippen molar-refractivity contribution in [3.05, 3.63) is 65.9 Å². The van der Waals surface area contributed by atoms with Crippen molar-refractivity contribution in [1.82, 2.24) is 14.4 Å². The zero-order chi connectivity index (χ0) is 18.8. The van der Waals surface area contributed by atoms with Gasteiger partial charge in [-0.25, -0.2) is 9.97 Å². The van der Waals surface area contributed by atoms with Crippen LogP contribution in [0.3, 0.4) is 0 Å². The Hall–Kier alpha value is -3.92. The summed E-state index contributed by atoms with van der Waals surface area (Å²) in [6, 6.07) is 17.1. The fraction of sp³-hybridized carbons (Fsp3) is 0.100. The van der Waals surface area contributed by atoms with Crippen LogP contribution in [0, 0.1) is 18.3 Å². The lowest BCUT2D eigenvalue weighted by atomic mass is 10.1. The van der Waals surface area contributed by atoms with Crippen LogP contribution in [-0.4, -0.2) is 26.8 Å². The van der Waals surface area contributed by atoms with Crippen molar-refractivity contribution in [1.29, 1.82) is 5.26 Å². The SMILES string of the molecule is Cc1cc(NCC(=O)Nc2ccccn2)n2c(nc3ccccc32)c1C#N. The van der Waals surface area contributed by atoms with E-state index in [0.29, 0.717) is 22.8 Å². The van der Waals surface area contributed by atoms with Crippen LogP contribution in [0.15, 0.2) is 54.7 Å². The third kappa shape index (κ3) is 3.04. The summed E-state index contributed by atoms with van der Waals surface area (Å²) in [4.78, 5) is 20.9. The van der Waals surface area contributed by atoms with Gasteiger partial charge in [-0.1, -0.05) is 18.2 Å². The molecular weight excluding hydrogens is 340 g/mol. The molecule has 0 saturated carbocycles. The second-order valence-electron chi connectivity index (χ2n) is 6.08. The van der Waals surface area contributed by atoms with Crippen LogP contribution in [0.4, 0.5) is 11.6 Å². The Morgan fingerprint density at radius 3 is 2.81 bits per heavy atom. The van der Waals surface area contributed by atoms with E-state index >= 15 is 0 Å². The highest BCUT2D eigenvalue weighted by atomic mass is 16.2. The summed E-state index contributed by atoms with van der Waals surface area (Å²) in [7, 11) is 0. The fourth-order valence-corrected chi connectivity index (χ4v) is 3.02. The van der Waals surface area contributed by atoms with Crippen LogP contribution in [0.5, 0.6) is 0 Å². The molecule has 0 bridgehead atoms. The van der Waals surface area contributed by atoms with Gasteiger partial charge in [-0.3, -0.25) is 9.20 Å². The van der Waals surface area contributed by atoms with E-state index in [4.69, 9.17) is 0 Å². The molecule has 4 aromatic rings. The number of nitrogens with one attached hydrogen (secondary N) is 2. The minimum absolute atomic E-state index is 0.0590. The highest BCUT2D eigenvalue weighted by Gasteiger charge is 2.15. The molecular formula is C20H16N6O. The summed E-state index contributed by atoms with van der Waals surface area (Å²) in [6.45, 7) is 1.92. The number of hydrogen-bond acceptors (Lipinski definition) is 5. The standard InChI is InChI=1S/C20H16N6O/c1-13-10-18(23-12-19(27)25-17-8-4-5-9-22-17)26-16-7-3-2-6-15(16)24-20(26)14(13)11-21/h2-10,23H,12H2,1H3,(H,22,25,27). The highest BCUT2D eigenvalue weighted by Crippen LogP contribution is 2.26. The lowest BCUT2D eigenvalue weighted by molar-refractivity contribution is -0.114. The van der Waals surface area contributed by atoms with Crippen molar-refractivity contribution in [2.45, 2.75) is 6.92 Å². The Morgan fingerprint density at radius 1 is 1.22 bits per heavy atom. The van der Waals surface area contributed by atoms with Gasteiger partial charge in [-0.05, 0) is 42.8 Å². The number of anilines is 2. The number of hydrogen-bond donors (Lipinski definition) is 2. The van der Waals surface area contributed by atoms with Crippen LogP contribution in [0.2, 0.25) is 0 Å². The van der Waals surface area contributed by atoms with Gasteiger partial charge >= 0.3 is 0 Å². The Balaban J connectivity index is 1.69. The predicted octanol–water partition coefficient (Wildman–Crippen LogP) is 3.11. The van der Waals surface area contributed by atoms with E-state index in [1.165, 1.54) is 0 Å². The number of imidazole rings is 1. The van der Waals surface area contributed by atoms with Gasteiger partial charge in [0.1, 0.15) is 17.7 Å². The molecule has 7 nitrogen and oxygen atoms in total. The number of aromatic nitrogens is 3. The normalized spacial score (nSPS) is 10.7. The van der Waals surface area contributed by atoms with E-state index in [9.17, 15) is 10.1 Å². The van der Waals surface area contributed by atoms with Gasteiger partial charge in [0.2, 0.25) is 5.91 Å². The second-order valence-corrected chi connectivity index (χ2v) is 6.08. The fourth-order valence-electron chi connectivity index (χ4n) is 3.02. The molecule has 0 fully saturated rings. The summed E-state index contributed by atoms with van der Waals surface area (Å²) in [6.07, 6.45) is 1.62. The second kappa shape index (κ2) is 6.77. The van der Waals surface area contributed by atoms with Crippen molar-refractivity contribution in [2.75, 3.05) is 17.2 Å². The molecule has 0 aliphatic rings. The van der Waals surface area contributed by atoms with Gasteiger partial charge in [0.05, 0.1) is 23.1 Å². The molecule has 7 heteroatoms. The van der Waals surface area contributed by atoms with Crippen molar-refractivity contribution in [3.63, 3.8) is 0 Å². The quantitative estimate of drug-likeness (QED) is 0.586. The number of amides is 1. The molecule has 0 saturated heterocycles. The molecule has 3 aromatic heterocycles. The van der Waals surface area contributed by atoms with Gasteiger partial charge < -0.3 is 10.6 Å². The first-order valence-corrected chi connectivity index (χ1v) is 8.43. The maximum Gasteiger partial charge on any atom is 0.244 e. The minimum Gasteiger partial charge on any atom is -0.362 e. The molecule has 0 spiro atoms. The summed E-state index contributed by atoms with van der Waals surface area (Å²) in [5, 5.41) is 15.4. The zero-order valence-corrected chi connectivity index (χ0v) is 14.6. The number of fused-ring (bicyclic) bond motifs is 3. The number of rotatable bonds is 4. The molecule has 1 amide bonds. The van der Waals surface area contributed by atoms with Crippen molar-refractivity contribution in [3.8, 4) is 6.07 Å². The smallest absolute Gasteiger partial charge is 0.244 e. The van der Waals surface area contributed by atoms with Gasteiger partial charge in [-0.15, -0.1) is 0 Å². The summed E-state index contributed by atoms with van der Waals surface area (Å²) in [5.41, 5.74) is 3.56. The zero-order valence-electron chi connectivity index (χ0n) is 14.6. The number of benzene rings is 1. The first-order chi connectivity index (χ1) is 13.2. The van der Waals surface area contributed by atoms with E-state index < -0.39 is 0 Å². The van der Waals surface area contributed by atoms with E-state index in [1.54, 1.807) is 24.4 Å². The van der Waals surface area contributed by atoms with Crippen molar-refractivity contribution < 1.29 is 4.79 Å². The maximum absolute atomic E-state index is 12.2. The van der Waals surface area contributed by atoms with E-state index in [-0.39, 0.29) is 12.5 Å². The van der Waals surface area contributed by atoms with Crippen LogP contribution in [0.1, 0.15) is 11.1 Å². The number of nitriles is 1. The molecule has 2 N–H and O–H groups in total. The molecule has 4 rings (SSSR count). The number of pyridine rings is 2. The Kier molecular flexibility index (Phi) is 4.15. The molecule has 1 aromatic carbocycles. The Labute approximate surface area is 155 Å². The molecule has 0 atom stereocenters. The average molecular weight is 356 g/mol. The topological polar surface area (TPSA) is 95.1 Å². The molecule has 0 aliphatic heterocycles. The lowest BCUT2D eigenvalue weighted by Crippen LogP contribution is -2.23. The van der Waals surface area contributed by atoms with E-state index in [2.05, 4.69) is 26.7 Å². The van der Waals surface area contributed by atoms with Gasteiger partial charge in [0, 0.05) is 6.20 Å². The average Bonchev–Trinajstić information content (AvgIpc) is 3.06. The van der Waals surface area contributed by atoms with Crippen LogP contribution >= 0.6 is 0 Å². The van der Waals surface area contributed by atoms with Gasteiger partial charge in [0.15, 0.2) is 5.65 Å². The van der Waals surface area contributed by atoms with Gasteiger partial charge in [0.25, 0.3) is 0 Å². The largest absolute Gasteiger partial charge is 0.362 e. The molecule has 3 heterocycles. The third-order valence-electron chi connectivity index (χ3n) is 4.25. The monoisotopic (exact) mass is 356 g/mol. The summed E-state index contributed by atoms with van der Waals surface area (Å²) >= 11 is 0. The molecule has 0 unspecified atom stereocenters. The Bertz CT molecular complexity index is 1190. The number of nitrogens with zero attached hydrogens (tertiary/aromatic N) is 4. The molecule has 27 heavy (non-hydrogen) atoms. The molecule has 132 valence electrons. The van der Waals surface area contributed by atoms with E-state index in [1.807, 2.05) is 41.7 Å². The maximum atomic E-state index is 12.2. The number of carbonyl (C=O) groups excluding carboxylic acids is 1. The van der Waals surface area contributed by atoms with Crippen molar-refractivity contribution in [2.24, 2.45) is 0 Å². The lowest BCUT2D eigenvalue weighted by Gasteiger charge is -2.12. The van der Waals surface area contributed by atoms with Gasteiger partial charge in [-0.2, -0.15) is 5.26 Å². The minimum atomic E-state index is -0.215. The number of para-hydroxylation sites is 2. The Morgan fingerprint density at radius 2 is 2.04 bits per heavy atom. The molecule has 0 aliphatic carbocycles. The third-order valence-corrected chi connectivity index (χ3v) is 4.25. The number of carbonyl (C=O) groups is 1. The molecule has 0 radical (unpaired) electrons. The van der Waals surface area contributed by atoms with Crippen LogP contribution < -0.4 is 10.6 Å². The first-order valence-electron chi connectivity index (χ1n) is 8.43. The summed E-state index contributed by atoms with van der Waals surface area (Å²) < 4.78 is 1.87. The highest BCUT2D eigenvalue weighted by molar-refractivity contribution is 5.93. The van der Waals surface area contributed by atoms with Crippen molar-refractivity contribution >= 4 is 34.2 Å². The predicted molar refractivity (Wildman–Crippen MR) is 104 cm³/mol. The van der Waals surface area contributed by atoms with Crippen LogP contribution in [-0.2, 0) is 4.79 Å². The first kappa shape index (κ1) is 16.5. The van der Waals surface area contributed by atoms with Crippen LogP contribution in [0.25, 0.3) is 16.7 Å². The summed E-state index contributed by atoms with van der Waals surface area (Å²) in [5.74, 6) is 0.984. The number of aryl methyl sites for hydroxylation is 1.